The number of nitrogens with zero attached hydrogens (tertiary/aromatic N) is 3. The highest BCUT2D eigenvalue weighted by molar-refractivity contribution is 8.18. The van der Waals surface area contributed by atoms with Crippen LogP contribution in [0, 0.1) is 10.1 Å². The number of phenolic OH excluding ortho intramolecular Hbond substituents is 1. The maximum absolute atomic E-state index is 12.2. The monoisotopic (exact) mass is 415 g/mol. The van der Waals surface area contributed by atoms with Crippen LogP contribution in [0.25, 0.3) is 6.08 Å². The molecule has 142 valence electrons. The van der Waals surface area contributed by atoms with Crippen molar-refractivity contribution in [1.29, 1.82) is 0 Å². The third-order valence-corrected chi connectivity index (χ3v) is 5.09. The molecule has 0 radical (unpaired) electrons. The van der Waals surface area contributed by atoms with Gasteiger partial charge in [-0.05, 0) is 65.9 Å². The Labute approximate surface area is 169 Å². The lowest BCUT2D eigenvalue weighted by molar-refractivity contribution is -0.384. The largest absolute Gasteiger partial charge is 0.508 e. The summed E-state index contributed by atoms with van der Waals surface area (Å²) in [5.74, 6) is -0.251. The van der Waals surface area contributed by atoms with Crippen LogP contribution in [0.2, 0.25) is 0 Å². The highest BCUT2D eigenvalue weighted by atomic mass is 35.5. The first kappa shape index (κ1) is 19.7. The fourth-order valence-corrected chi connectivity index (χ4v) is 3.53. The van der Waals surface area contributed by atoms with Crippen LogP contribution in [0.1, 0.15) is 5.56 Å². The zero-order valence-electron chi connectivity index (χ0n) is 14.6. The van der Waals surface area contributed by atoms with Gasteiger partial charge in [0.1, 0.15) is 5.75 Å². The fraction of sp³-hybridized carbons (Fsp3) is 0.0526. The Hall–Kier alpha value is -3.10. The van der Waals surface area contributed by atoms with Gasteiger partial charge in [-0.2, -0.15) is 4.99 Å². The number of hydrogen-bond acceptors (Lipinski definition) is 6. The van der Waals surface area contributed by atoms with E-state index in [2.05, 4.69) is 4.99 Å². The third-order valence-electron chi connectivity index (χ3n) is 3.81. The second kappa shape index (κ2) is 8.28. The Morgan fingerprint density at radius 1 is 1.21 bits per heavy atom. The van der Waals surface area contributed by atoms with Gasteiger partial charge < -0.3 is 10.0 Å². The molecule has 9 heteroatoms. The number of carbonyl (C=O) groups is 1. The molecule has 0 fully saturated rings. The molecule has 0 bridgehead atoms. The van der Waals surface area contributed by atoms with Crippen molar-refractivity contribution in [2.75, 3.05) is 11.9 Å². The molecule has 0 spiro atoms. The number of benzene rings is 2. The molecular weight excluding hydrogens is 402 g/mol. The normalized spacial score (nSPS) is 15.6. The molecule has 0 aromatic heterocycles. The number of nitro benzene ring substituents is 1. The maximum atomic E-state index is 12.2. The third kappa shape index (κ3) is 4.59. The van der Waals surface area contributed by atoms with Crippen molar-refractivity contribution in [3.63, 3.8) is 0 Å². The lowest BCUT2D eigenvalue weighted by atomic mass is 10.2. The zero-order valence-corrected chi connectivity index (χ0v) is 16.1. The number of hydrogen-bond donors (Lipinski definition) is 1. The number of rotatable bonds is 4. The van der Waals surface area contributed by atoms with Gasteiger partial charge in [-0.15, -0.1) is 0 Å². The van der Waals surface area contributed by atoms with Gasteiger partial charge in [0.25, 0.3) is 11.6 Å². The predicted octanol–water partition coefficient (Wildman–Crippen LogP) is 4.53. The van der Waals surface area contributed by atoms with Gasteiger partial charge in [-0.1, -0.05) is 11.6 Å². The molecule has 0 saturated heterocycles. The average molecular weight is 416 g/mol. The standard InChI is InChI=1S/C19H14ClN3O4S/c1-22(14-6-8-16(24)9-7-14)19-21-18(25)17(28-19)11-13(20)10-12-2-4-15(5-3-12)23(26)27/h2-11,24H,1H3/b13-10-,17-11+. The molecule has 0 aliphatic carbocycles. The van der Waals surface area contributed by atoms with Crippen molar-refractivity contribution >= 4 is 51.9 Å². The van der Waals surface area contributed by atoms with E-state index >= 15 is 0 Å². The predicted molar refractivity (Wildman–Crippen MR) is 112 cm³/mol. The van der Waals surface area contributed by atoms with Crippen molar-refractivity contribution in [3.8, 4) is 5.75 Å². The maximum Gasteiger partial charge on any atom is 0.286 e. The molecule has 28 heavy (non-hydrogen) atoms. The number of phenols is 1. The Bertz CT molecular complexity index is 1010. The molecule has 7 nitrogen and oxygen atoms in total. The van der Waals surface area contributed by atoms with Gasteiger partial charge in [-0.25, -0.2) is 0 Å². The summed E-state index contributed by atoms with van der Waals surface area (Å²) in [5, 5.41) is 20.9. The van der Waals surface area contributed by atoms with Gasteiger partial charge in [0.2, 0.25) is 0 Å². The number of non-ortho nitro benzene ring substituents is 1. The van der Waals surface area contributed by atoms with E-state index in [1.807, 2.05) is 0 Å². The van der Waals surface area contributed by atoms with E-state index in [-0.39, 0.29) is 11.4 Å². The van der Waals surface area contributed by atoms with Crippen molar-refractivity contribution in [1.82, 2.24) is 0 Å². The van der Waals surface area contributed by atoms with Crippen LogP contribution in [0.4, 0.5) is 11.4 Å². The highest BCUT2D eigenvalue weighted by Crippen LogP contribution is 2.32. The fourth-order valence-electron chi connectivity index (χ4n) is 2.35. The van der Waals surface area contributed by atoms with Crippen LogP contribution in [-0.2, 0) is 4.79 Å². The topological polar surface area (TPSA) is 96.0 Å². The number of aliphatic imine (C=N–C) groups is 1. The molecule has 0 saturated carbocycles. The van der Waals surface area contributed by atoms with E-state index in [9.17, 15) is 20.0 Å². The summed E-state index contributed by atoms with van der Waals surface area (Å²) in [6, 6.07) is 12.4. The minimum absolute atomic E-state index is 0.0107. The van der Waals surface area contributed by atoms with Crippen LogP contribution in [0.5, 0.6) is 5.75 Å². The first-order valence-corrected chi connectivity index (χ1v) is 9.20. The molecule has 3 rings (SSSR count). The van der Waals surface area contributed by atoms with E-state index in [4.69, 9.17) is 11.6 Å². The number of carbonyl (C=O) groups excluding carboxylic acids is 1. The van der Waals surface area contributed by atoms with Gasteiger partial charge in [0.15, 0.2) is 5.17 Å². The summed E-state index contributed by atoms with van der Waals surface area (Å²) in [4.78, 5) is 28.5. The van der Waals surface area contributed by atoms with E-state index in [1.165, 1.54) is 30.0 Å². The molecule has 1 heterocycles. The average Bonchev–Trinajstić information content (AvgIpc) is 3.02. The van der Waals surface area contributed by atoms with E-state index in [0.717, 1.165) is 5.69 Å². The SMILES string of the molecule is CN(C1=NC(=O)/C(=C\C(Cl)=C\c2ccc([N+](=O)[O-])cc2)S1)c1ccc(O)cc1. The Kier molecular flexibility index (Phi) is 5.81. The van der Waals surface area contributed by atoms with Crippen LogP contribution in [0.3, 0.4) is 0 Å². The summed E-state index contributed by atoms with van der Waals surface area (Å²) in [6.07, 6.45) is 3.12. The lowest BCUT2D eigenvalue weighted by Gasteiger charge is -2.17. The first-order valence-electron chi connectivity index (χ1n) is 8.00. The molecule has 2 aromatic rings. The van der Waals surface area contributed by atoms with Crippen LogP contribution < -0.4 is 4.90 Å². The van der Waals surface area contributed by atoms with E-state index in [1.54, 1.807) is 54.4 Å². The van der Waals surface area contributed by atoms with Crippen LogP contribution >= 0.6 is 23.4 Å². The molecule has 1 aliphatic rings. The molecular formula is C19H14ClN3O4S. The molecule has 1 N–H and O–H groups in total. The molecule has 2 aromatic carbocycles. The van der Waals surface area contributed by atoms with E-state index < -0.39 is 10.8 Å². The number of allylic oxidation sites excluding steroid dienone is 2. The van der Waals surface area contributed by atoms with Crippen molar-refractivity contribution in [3.05, 3.63) is 80.2 Å². The van der Waals surface area contributed by atoms with Crippen LogP contribution in [0.15, 0.2) is 69.5 Å². The van der Waals surface area contributed by atoms with Gasteiger partial charge >= 0.3 is 0 Å². The quantitative estimate of drug-likeness (QED) is 0.447. The summed E-state index contributed by atoms with van der Waals surface area (Å²) >= 11 is 7.40. The number of amidine groups is 1. The number of aromatic hydroxyl groups is 1. The van der Waals surface area contributed by atoms with Gasteiger partial charge in [0, 0.05) is 29.9 Å². The Morgan fingerprint density at radius 2 is 1.86 bits per heavy atom. The number of anilines is 1. The molecule has 1 aliphatic heterocycles. The summed E-state index contributed by atoms with van der Waals surface area (Å²) in [7, 11) is 1.77. The smallest absolute Gasteiger partial charge is 0.286 e. The molecule has 0 unspecified atom stereocenters. The minimum Gasteiger partial charge on any atom is -0.508 e. The summed E-state index contributed by atoms with van der Waals surface area (Å²) in [5.41, 5.74) is 1.43. The second-order valence-electron chi connectivity index (χ2n) is 5.76. The van der Waals surface area contributed by atoms with Crippen molar-refractivity contribution < 1.29 is 14.8 Å². The first-order chi connectivity index (χ1) is 13.3. The Morgan fingerprint density at radius 3 is 2.46 bits per heavy atom. The summed E-state index contributed by atoms with van der Waals surface area (Å²) in [6.45, 7) is 0. The lowest BCUT2D eigenvalue weighted by Crippen LogP contribution is -2.21. The Balaban J connectivity index is 1.73. The minimum atomic E-state index is -0.478. The molecule has 0 atom stereocenters. The summed E-state index contributed by atoms with van der Waals surface area (Å²) < 4.78 is 0. The van der Waals surface area contributed by atoms with E-state index in [0.29, 0.717) is 20.7 Å². The number of halogens is 1. The van der Waals surface area contributed by atoms with Crippen LogP contribution in [-0.4, -0.2) is 28.2 Å². The van der Waals surface area contributed by atoms with Gasteiger partial charge in [-0.3, -0.25) is 14.9 Å². The van der Waals surface area contributed by atoms with Gasteiger partial charge in [0.05, 0.1) is 9.83 Å². The second-order valence-corrected chi connectivity index (χ2v) is 7.21. The molecule has 1 amide bonds. The number of thioether (sulfide) groups is 1. The van der Waals surface area contributed by atoms with Crippen molar-refractivity contribution in [2.45, 2.75) is 0 Å². The number of amides is 1. The van der Waals surface area contributed by atoms with Crippen molar-refractivity contribution in [2.24, 2.45) is 4.99 Å². The number of nitro groups is 1. The highest BCUT2D eigenvalue weighted by Gasteiger charge is 2.25. The zero-order chi connectivity index (χ0) is 20.3.